The molecule has 1 N–H and O–H groups in total. The van der Waals surface area contributed by atoms with Gasteiger partial charge in [0.15, 0.2) is 0 Å². The van der Waals surface area contributed by atoms with E-state index in [2.05, 4.69) is 6.92 Å². The van der Waals surface area contributed by atoms with E-state index < -0.39 is 0 Å². The number of aryl methyl sites for hydroxylation is 1. The van der Waals surface area contributed by atoms with E-state index >= 15 is 0 Å². The van der Waals surface area contributed by atoms with Gasteiger partial charge in [-0.1, -0.05) is 18.5 Å². The first-order chi connectivity index (χ1) is 6.69. The second kappa shape index (κ2) is 5.23. The Hall–Kier alpha value is -0.730. The van der Waals surface area contributed by atoms with E-state index in [1.165, 1.54) is 5.56 Å². The second-order valence-electron chi connectivity index (χ2n) is 3.11. The first-order valence-electron chi connectivity index (χ1n) is 4.71. The lowest BCUT2D eigenvalue weighted by atomic mass is 10.1. The van der Waals surface area contributed by atoms with Crippen LogP contribution in [-0.2, 0) is 6.42 Å². The summed E-state index contributed by atoms with van der Waals surface area (Å²) >= 11 is 5.94. The van der Waals surface area contributed by atoms with Crippen LogP contribution >= 0.6 is 11.6 Å². The van der Waals surface area contributed by atoms with E-state index in [-0.39, 0.29) is 6.61 Å². The maximum Gasteiger partial charge on any atom is 0.124 e. The third kappa shape index (κ3) is 2.63. The van der Waals surface area contributed by atoms with Gasteiger partial charge in [-0.2, -0.15) is 0 Å². The summed E-state index contributed by atoms with van der Waals surface area (Å²) in [7, 11) is 0. The van der Waals surface area contributed by atoms with Crippen LogP contribution in [0.2, 0.25) is 5.02 Å². The minimum atomic E-state index is 0.0212. The fraction of sp³-hybridized carbons (Fsp3) is 0.455. The van der Waals surface area contributed by atoms with Crippen molar-refractivity contribution in [1.82, 2.24) is 0 Å². The monoisotopic (exact) mass is 214 g/mol. The summed E-state index contributed by atoms with van der Waals surface area (Å²) in [5.41, 5.74) is 2.29. The smallest absolute Gasteiger partial charge is 0.124 e. The van der Waals surface area contributed by atoms with Crippen molar-refractivity contribution in [3.05, 3.63) is 28.3 Å². The van der Waals surface area contributed by atoms with Crippen molar-refractivity contribution in [1.29, 1.82) is 0 Å². The van der Waals surface area contributed by atoms with Crippen molar-refractivity contribution in [2.45, 2.75) is 20.3 Å². The number of hydrogen-bond donors (Lipinski definition) is 1. The molecule has 0 radical (unpaired) electrons. The molecule has 1 aromatic carbocycles. The molecule has 0 unspecified atom stereocenters. The first-order valence-corrected chi connectivity index (χ1v) is 5.09. The molecule has 0 spiro atoms. The standard InChI is InChI=1S/C11H15ClO2/c1-3-9-6-10(12)7-11(8(9)2)14-5-4-13/h6-7,13H,3-5H2,1-2H3. The van der Waals surface area contributed by atoms with Crippen LogP contribution in [-0.4, -0.2) is 18.3 Å². The Bertz CT molecular complexity index is 310. The van der Waals surface area contributed by atoms with Crippen LogP contribution in [0.5, 0.6) is 5.75 Å². The van der Waals surface area contributed by atoms with Crippen LogP contribution < -0.4 is 4.74 Å². The first kappa shape index (κ1) is 11.3. The van der Waals surface area contributed by atoms with E-state index in [0.717, 1.165) is 17.7 Å². The van der Waals surface area contributed by atoms with Gasteiger partial charge in [0.25, 0.3) is 0 Å². The normalized spacial score (nSPS) is 10.3. The SMILES string of the molecule is CCc1cc(Cl)cc(OCCO)c1C. The molecule has 0 atom stereocenters. The van der Waals surface area contributed by atoms with Crippen molar-refractivity contribution in [2.24, 2.45) is 0 Å². The van der Waals surface area contributed by atoms with Crippen LogP contribution in [0.25, 0.3) is 0 Å². The molecule has 1 rings (SSSR count). The zero-order valence-electron chi connectivity index (χ0n) is 8.51. The Morgan fingerprint density at radius 2 is 2.14 bits per heavy atom. The van der Waals surface area contributed by atoms with E-state index in [1.54, 1.807) is 6.07 Å². The molecule has 0 aliphatic heterocycles. The quantitative estimate of drug-likeness (QED) is 0.835. The zero-order chi connectivity index (χ0) is 10.6. The van der Waals surface area contributed by atoms with E-state index in [0.29, 0.717) is 11.6 Å². The fourth-order valence-corrected chi connectivity index (χ4v) is 1.61. The third-order valence-electron chi connectivity index (χ3n) is 2.16. The highest BCUT2D eigenvalue weighted by Crippen LogP contribution is 2.27. The predicted molar refractivity (Wildman–Crippen MR) is 58.1 cm³/mol. The Morgan fingerprint density at radius 1 is 1.43 bits per heavy atom. The minimum Gasteiger partial charge on any atom is -0.491 e. The number of aliphatic hydroxyl groups is 1. The van der Waals surface area contributed by atoms with E-state index in [9.17, 15) is 0 Å². The van der Waals surface area contributed by atoms with Crippen LogP contribution in [0.4, 0.5) is 0 Å². The molecule has 0 saturated carbocycles. The molecule has 0 heterocycles. The summed E-state index contributed by atoms with van der Waals surface area (Å²) in [5, 5.41) is 9.34. The molecule has 1 aromatic rings. The van der Waals surface area contributed by atoms with Gasteiger partial charge >= 0.3 is 0 Å². The Morgan fingerprint density at radius 3 is 2.71 bits per heavy atom. The van der Waals surface area contributed by atoms with Gasteiger partial charge in [-0.15, -0.1) is 0 Å². The maximum atomic E-state index is 8.66. The molecule has 0 aliphatic rings. The topological polar surface area (TPSA) is 29.5 Å². The average Bonchev–Trinajstić information content (AvgIpc) is 2.18. The summed E-state index contributed by atoms with van der Waals surface area (Å²) in [6.07, 6.45) is 0.932. The zero-order valence-corrected chi connectivity index (χ0v) is 9.27. The van der Waals surface area contributed by atoms with Crippen molar-refractivity contribution in [2.75, 3.05) is 13.2 Å². The summed E-state index contributed by atoms with van der Waals surface area (Å²) in [4.78, 5) is 0. The lowest BCUT2D eigenvalue weighted by Crippen LogP contribution is -2.04. The summed E-state index contributed by atoms with van der Waals surface area (Å²) in [6.45, 7) is 4.41. The van der Waals surface area contributed by atoms with Crippen LogP contribution in [0.15, 0.2) is 12.1 Å². The predicted octanol–water partition coefficient (Wildman–Crippen LogP) is 2.58. The molecule has 0 aromatic heterocycles. The molecular weight excluding hydrogens is 200 g/mol. The Balaban J connectivity index is 2.96. The molecule has 3 heteroatoms. The highest BCUT2D eigenvalue weighted by atomic mass is 35.5. The van der Waals surface area contributed by atoms with Gasteiger partial charge in [-0.3, -0.25) is 0 Å². The third-order valence-corrected chi connectivity index (χ3v) is 2.38. The summed E-state index contributed by atoms with van der Waals surface area (Å²) in [6, 6.07) is 3.73. The van der Waals surface area contributed by atoms with E-state index in [1.807, 2.05) is 13.0 Å². The number of hydrogen-bond acceptors (Lipinski definition) is 2. The molecule has 0 amide bonds. The fourth-order valence-electron chi connectivity index (χ4n) is 1.38. The molecule has 78 valence electrons. The average molecular weight is 215 g/mol. The summed E-state index contributed by atoms with van der Waals surface area (Å²) in [5.74, 6) is 0.767. The Labute approximate surface area is 89.5 Å². The molecule has 14 heavy (non-hydrogen) atoms. The summed E-state index contributed by atoms with van der Waals surface area (Å²) < 4.78 is 5.37. The number of benzene rings is 1. The molecule has 0 aliphatic carbocycles. The lowest BCUT2D eigenvalue weighted by molar-refractivity contribution is 0.200. The largest absolute Gasteiger partial charge is 0.491 e. The van der Waals surface area contributed by atoms with Crippen LogP contribution in [0, 0.1) is 6.92 Å². The van der Waals surface area contributed by atoms with Crippen molar-refractivity contribution in [3.63, 3.8) is 0 Å². The van der Waals surface area contributed by atoms with Gasteiger partial charge in [0.2, 0.25) is 0 Å². The highest BCUT2D eigenvalue weighted by molar-refractivity contribution is 6.30. The molecule has 0 fully saturated rings. The van der Waals surface area contributed by atoms with Crippen LogP contribution in [0.1, 0.15) is 18.1 Å². The molecule has 0 saturated heterocycles. The second-order valence-corrected chi connectivity index (χ2v) is 3.55. The van der Waals surface area contributed by atoms with Gasteiger partial charge in [0.1, 0.15) is 12.4 Å². The number of ether oxygens (including phenoxy) is 1. The molecular formula is C11H15ClO2. The lowest BCUT2D eigenvalue weighted by Gasteiger charge is -2.11. The van der Waals surface area contributed by atoms with Gasteiger partial charge in [0, 0.05) is 5.02 Å². The minimum absolute atomic E-state index is 0.0212. The van der Waals surface area contributed by atoms with Gasteiger partial charge in [0.05, 0.1) is 6.61 Å². The van der Waals surface area contributed by atoms with Gasteiger partial charge in [-0.05, 0) is 36.6 Å². The number of halogens is 1. The van der Waals surface area contributed by atoms with Crippen molar-refractivity contribution < 1.29 is 9.84 Å². The van der Waals surface area contributed by atoms with Crippen LogP contribution in [0.3, 0.4) is 0 Å². The molecule has 0 bridgehead atoms. The number of rotatable bonds is 4. The Kier molecular flexibility index (Phi) is 4.23. The highest BCUT2D eigenvalue weighted by Gasteiger charge is 2.05. The maximum absolute atomic E-state index is 8.66. The molecule has 2 nitrogen and oxygen atoms in total. The van der Waals surface area contributed by atoms with Crippen molar-refractivity contribution in [3.8, 4) is 5.75 Å². The van der Waals surface area contributed by atoms with Crippen molar-refractivity contribution >= 4 is 11.6 Å². The van der Waals surface area contributed by atoms with Gasteiger partial charge in [-0.25, -0.2) is 0 Å². The van der Waals surface area contributed by atoms with Gasteiger partial charge < -0.3 is 9.84 Å². The number of aliphatic hydroxyl groups excluding tert-OH is 1. The van der Waals surface area contributed by atoms with E-state index in [4.69, 9.17) is 21.4 Å².